The van der Waals surface area contributed by atoms with Gasteiger partial charge in [0.05, 0.1) is 39.3 Å². The van der Waals surface area contributed by atoms with Crippen LogP contribution >= 0.6 is 0 Å². The van der Waals surface area contributed by atoms with Gasteiger partial charge in [-0.25, -0.2) is 0 Å². The first kappa shape index (κ1) is 40.7. The SMILES string of the molecule is CCCCCNC(=O)CN(C)C(=O)CN(C)C(=O)CN(C)C(=O)CN1CCN(CC)CCN(CC(=O)O)CCN(CC(=O)O)CC1. The average Bonchev–Trinajstić information content (AvgIpc) is 2.98. The normalized spacial score (nSPS) is 16.1. The highest BCUT2D eigenvalue weighted by Gasteiger charge is 2.23. The Morgan fingerprint density at radius 1 is 0.565 bits per heavy atom. The van der Waals surface area contributed by atoms with E-state index in [4.69, 9.17) is 0 Å². The van der Waals surface area contributed by atoms with Crippen LogP contribution < -0.4 is 5.32 Å². The van der Waals surface area contributed by atoms with Gasteiger partial charge in [0.1, 0.15) is 0 Å². The molecule has 1 heterocycles. The first-order valence-corrected chi connectivity index (χ1v) is 16.1. The zero-order chi connectivity index (χ0) is 34.6. The van der Waals surface area contributed by atoms with Gasteiger partial charge in [0.15, 0.2) is 0 Å². The Labute approximate surface area is 273 Å². The van der Waals surface area contributed by atoms with Gasteiger partial charge < -0.3 is 35.1 Å². The van der Waals surface area contributed by atoms with Crippen molar-refractivity contribution in [3.05, 3.63) is 0 Å². The molecule has 3 N–H and O–H groups in total. The molecule has 1 fully saturated rings. The highest BCUT2D eigenvalue weighted by molar-refractivity contribution is 5.90. The van der Waals surface area contributed by atoms with Crippen molar-refractivity contribution >= 4 is 35.6 Å². The molecule has 264 valence electrons. The summed E-state index contributed by atoms with van der Waals surface area (Å²) >= 11 is 0. The van der Waals surface area contributed by atoms with Crippen LogP contribution in [0.1, 0.15) is 33.1 Å². The van der Waals surface area contributed by atoms with Crippen molar-refractivity contribution in [1.29, 1.82) is 0 Å². The maximum Gasteiger partial charge on any atom is 0.317 e. The van der Waals surface area contributed by atoms with Crippen LogP contribution in [0, 0.1) is 0 Å². The molecule has 0 spiro atoms. The zero-order valence-electron chi connectivity index (χ0n) is 28.4. The number of aliphatic carboxylic acids is 2. The summed E-state index contributed by atoms with van der Waals surface area (Å²) < 4.78 is 0. The van der Waals surface area contributed by atoms with Crippen LogP contribution in [0.3, 0.4) is 0 Å². The number of carboxylic acid groups (broad SMARTS) is 2. The fourth-order valence-electron chi connectivity index (χ4n) is 4.85. The number of hydrogen-bond donors (Lipinski definition) is 3. The van der Waals surface area contributed by atoms with E-state index in [9.17, 15) is 39.0 Å². The second kappa shape index (κ2) is 22.2. The summed E-state index contributed by atoms with van der Waals surface area (Å²) in [6.07, 6.45) is 2.92. The second-order valence-corrected chi connectivity index (χ2v) is 11.9. The van der Waals surface area contributed by atoms with Crippen molar-refractivity contribution in [2.24, 2.45) is 0 Å². The van der Waals surface area contributed by atoms with E-state index in [0.717, 1.165) is 25.8 Å². The molecule has 46 heavy (non-hydrogen) atoms. The predicted molar refractivity (Wildman–Crippen MR) is 172 cm³/mol. The van der Waals surface area contributed by atoms with Gasteiger partial charge in [0.2, 0.25) is 23.6 Å². The first-order valence-electron chi connectivity index (χ1n) is 16.1. The van der Waals surface area contributed by atoms with Gasteiger partial charge in [-0.05, 0) is 13.0 Å². The number of carbonyl (C=O) groups is 6. The number of rotatable bonds is 17. The summed E-state index contributed by atoms with van der Waals surface area (Å²) in [4.78, 5) is 85.1. The molecule has 0 aromatic carbocycles. The summed E-state index contributed by atoms with van der Waals surface area (Å²) in [7, 11) is 4.50. The van der Waals surface area contributed by atoms with Crippen molar-refractivity contribution in [1.82, 2.24) is 39.6 Å². The molecule has 0 atom stereocenters. The second-order valence-electron chi connectivity index (χ2n) is 11.9. The molecule has 0 aromatic heterocycles. The maximum atomic E-state index is 13.2. The fourth-order valence-corrected chi connectivity index (χ4v) is 4.85. The van der Waals surface area contributed by atoms with E-state index in [1.54, 1.807) is 4.90 Å². The molecule has 0 aliphatic carbocycles. The maximum absolute atomic E-state index is 13.2. The van der Waals surface area contributed by atoms with Crippen molar-refractivity contribution < 1.29 is 39.0 Å². The van der Waals surface area contributed by atoms with Crippen LogP contribution in [0.15, 0.2) is 0 Å². The van der Waals surface area contributed by atoms with Crippen LogP contribution in [-0.4, -0.2) is 206 Å². The fraction of sp³-hybridized carbons (Fsp3) is 0.800. The molecule has 1 aliphatic heterocycles. The molecule has 16 heteroatoms. The molecule has 16 nitrogen and oxygen atoms in total. The van der Waals surface area contributed by atoms with E-state index < -0.39 is 23.8 Å². The van der Waals surface area contributed by atoms with Crippen LogP contribution in [0.4, 0.5) is 0 Å². The molecule has 0 saturated carbocycles. The Hall–Kier alpha value is -3.34. The first-order chi connectivity index (χ1) is 21.7. The van der Waals surface area contributed by atoms with Crippen molar-refractivity contribution in [2.75, 3.05) is 126 Å². The van der Waals surface area contributed by atoms with Crippen LogP contribution in [-0.2, 0) is 28.8 Å². The van der Waals surface area contributed by atoms with Crippen molar-refractivity contribution in [3.63, 3.8) is 0 Å². The standard InChI is InChI=1S/C30H56N8O8/c1-6-8-9-10-31-25(39)19-32(3)26(40)20-33(4)27(41)21-34(5)28(42)22-36-13-11-35(7-2)12-14-37(23-29(43)44)17-18-38(16-15-36)24-30(45)46/h6-24H2,1-5H3,(H,31,39)(H,43,44)(H,45,46). The van der Waals surface area contributed by atoms with Crippen LogP contribution in [0.2, 0.25) is 0 Å². The zero-order valence-corrected chi connectivity index (χ0v) is 28.4. The molecule has 0 radical (unpaired) electrons. The summed E-state index contributed by atoms with van der Waals surface area (Å²) in [6, 6.07) is 0. The Morgan fingerprint density at radius 2 is 0.957 bits per heavy atom. The molecule has 1 saturated heterocycles. The largest absolute Gasteiger partial charge is 0.480 e. The lowest BCUT2D eigenvalue weighted by molar-refractivity contribution is -0.143. The summed E-state index contributed by atoms with van der Waals surface area (Å²) in [6.45, 7) is 8.32. The Morgan fingerprint density at radius 3 is 1.37 bits per heavy atom. The molecule has 4 amide bonds. The van der Waals surface area contributed by atoms with E-state index in [1.807, 2.05) is 16.7 Å². The molecule has 0 aromatic rings. The van der Waals surface area contributed by atoms with E-state index in [0.29, 0.717) is 58.9 Å². The third-order valence-electron chi connectivity index (χ3n) is 7.96. The number of nitrogens with zero attached hydrogens (tertiary/aromatic N) is 7. The number of hydrogen-bond acceptors (Lipinski definition) is 10. The highest BCUT2D eigenvalue weighted by Crippen LogP contribution is 2.03. The van der Waals surface area contributed by atoms with E-state index in [1.165, 1.54) is 35.8 Å². The molecular weight excluding hydrogens is 600 g/mol. The summed E-state index contributed by atoms with van der Waals surface area (Å²) in [5.74, 6) is -3.31. The lowest BCUT2D eigenvalue weighted by atomic mass is 10.2. The molecular formula is C30H56N8O8. The Balaban J connectivity index is 2.74. The predicted octanol–water partition coefficient (Wildman–Crippen LogP) is -1.92. The third kappa shape index (κ3) is 17.4. The van der Waals surface area contributed by atoms with E-state index in [2.05, 4.69) is 17.1 Å². The highest BCUT2D eigenvalue weighted by atomic mass is 16.4. The molecule has 1 aliphatic rings. The number of amides is 4. The summed E-state index contributed by atoms with van der Waals surface area (Å²) in [5, 5.41) is 21.5. The van der Waals surface area contributed by atoms with Gasteiger partial charge in [0.25, 0.3) is 0 Å². The van der Waals surface area contributed by atoms with Gasteiger partial charge in [-0.1, -0.05) is 26.7 Å². The van der Waals surface area contributed by atoms with Crippen LogP contribution in [0.25, 0.3) is 0 Å². The lowest BCUT2D eigenvalue weighted by Gasteiger charge is -2.33. The monoisotopic (exact) mass is 656 g/mol. The lowest BCUT2D eigenvalue weighted by Crippen LogP contribution is -2.50. The minimum atomic E-state index is -0.991. The minimum Gasteiger partial charge on any atom is -0.480 e. The number of carbonyl (C=O) groups excluding carboxylic acids is 4. The van der Waals surface area contributed by atoms with Gasteiger partial charge in [-0.3, -0.25) is 43.5 Å². The smallest absolute Gasteiger partial charge is 0.317 e. The topological polar surface area (TPSA) is 178 Å². The number of unbranched alkanes of at least 4 members (excludes halogenated alkanes) is 2. The quantitative estimate of drug-likeness (QED) is 0.148. The van der Waals surface area contributed by atoms with Crippen LogP contribution in [0.5, 0.6) is 0 Å². The van der Waals surface area contributed by atoms with E-state index >= 15 is 0 Å². The third-order valence-corrected chi connectivity index (χ3v) is 7.96. The van der Waals surface area contributed by atoms with Crippen molar-refractivity contribution in [3.8, 4) is 0 Å². The average molecular weight is 657 g/mol. The molecule has 0 unspecified atom stereocenters. The van der Waals surface area contributed by atoms with Gasteiger partial charge in [0, 0.05) is 80.0 Å². The van der Waals surface area contributed by atoms with Gasteiger partial charge >= 0.3 is 11.9 Å². The number of nitrogens with one attached hydrogen (secondary N) is 1. The number of carboxylic acids is 2. The minimum absolute atomic E-state index is 0.0200. The number of likely N-dealkylation sites (N-methyl/N-ethyl adjacent to an activating group) is 4. The Bertz CT molecular complexity index is 1000. The summed E-state index contributed by atoms with van der Waals surface area (Å²) in [5.41, 5.74) is 0. The van der Waals surface area contributed by atoms with Gasteiger partial charge in [-0.2, -0.15) is 0 Å². The molecule has 1 rings (SSSR count). The van der Waals surface area contributed by atoms with Crippen molar-refractivity contribution in [2.45, 2.75) is 33.1 Å². The Kier molecular flexibility index (Phi) is 19.7. The van der Waals surface area contributed by atoms with Gasteiger partial charge in [-0.15, -0.1) is 0 Å². The molecule has 0 bridgehead atoms. The van der Waals surface area contributed by atoms with E-state index in [-0.39, 0.29) is 51.1 Å².